The van der Waals surface area contributed by atoms with Crippen molar-refractivity contribution < 1.29 is 18.3 Å². The smallest absolute Gasteiger partial charge is 0.291 e. The van der Waals surface area contributed by atoms with E-state index in [1.54, 1.807) is 42.5 Å². The maximum Gasteiger partial charge on any atom is 0.291 e. The van der Waals surface area contributed by atoms with Crippen LogP contribution in [0.15, 0.2) is 59.0 Å². The SMILES string of the molecule is O=C(Nc1cccc(Cl)c1N1CCOCC1)c1ccc(-c2cccc(F)c2)o1. The lowest BCUT2D eigenvalue weighted by molar-refractivity contribution is 0.0997. The fourth-order valence-corrected chi connectivity index (χ4v) is 3.46. The summed E-state index contributed by atoms with van der Waals surface area (Å²) in [5, 5.41) is 3.42. The van der Waals surface area contributed by atoms with E-state index in [4.69, 9.17) is 20.8 Å². The molecule has 0 atom stereocenters. The van der Waals surface area contributed by atoms with E-state index in [1.165, 1.54) is 12.1 Å². The van der Waals surface area contributed by atoms with Crippen LogP contribution in [0.5, 0.6) is 0 Å². The van der Waals surface area contributed by atoms with Crippen molar-refractivity contribution in [3.8, 4) is 11.3 Å². The Morgan fingerprint density at radius 3 is 2.64 bits per heavy atom. The summed E-state index contributed by atoms with van der Waals surface area (Å²) in [5.74, 6) is -0.218. The normalized spacial score (nSPS) is 14.1. The zero-order chi connectivity index (χ0) is 19.5. The quantitative estimate of drug-likeness (QED) is 0.681. The van der Waals surface area contributed by atoms with Crippen molar-refractivity contribution in [3.63, 3.8) is 0 Å². The number of rotatable bonds is 4. The van der Waals surface area contributed by atoms with Gasteiger partial charge >= 0.3 is 0 Å². The summed E-state index contributed by atoms with van der Waals surface area (Å²) >= 11 is 6.40. The van der Waals surface area contributed by atoms with E-state index in [0.717, 1.165) is 5.69 Å². The third kappa shape index (κ3) is 3.88. The van der Waals surface area contributed by atoms with Crippen LogP contribution in [0.4, 0.5) is 15.8 Å². The summed E-state index contributed by atoms with van der Waals surface area (Å²) < 4.78 is 24.4. The van der Waals surface area contributed by atoms with Crippen molar-refractivity contribution in [3.05, 3.63) is 71.2 Å². The minimum atomic E-state index is -0.403. The number of nitrogens with zero attached hydrogens (tertiary/aromatic N) is 1. The molecule has 5 nitrogen and oxygen atoms in total. The fraction of sp³-hybridized carbons (Fsp3) is 0.190. The second-order valence-corrected chi connectivity index (χ2v) is 6.77. The van der Waals surface area contributed by atoms with Crippen molar-refractivity contribution in [1.29, 1.82) is 0 Å². The lowest BCUT2D eigenvalue weighted by Crippen LogP contribution is -2.37. The average Bonchev–Trinajstić information content (AvgIpc) is 3.19. The van der Waals surface area contributed by atoms with Gasteiger partial charge < -0.3 is 19.4 Å². The van der Waals surface area contributed by atoms with Gasteiger partial charge in [-0.2, -0.15) is 0 Å². The van der Waals surface area contributed by atoms with Gasteiger partial charge in [0.05, 0.1) is 29.6 Å². The first-order valence-corrected chi connectivity index (χ1v) is 9.28. The molecule has 3 aromatic rings. The van der Waals surface area contributed by atoms with Crippen LogP contribution in [-0.4, -0.2) is 32.2 Å². The first-order valence-electron chi connectivity index (χ1n) is 8.90. The van der Waals surface area contributed by atoms with Gasteiger partial charge in [-0.25, -0.2) is 4.39 Å². The first-order chi connectivity index (χ1) is 13.6. The molecule has 1 fully saturated rings. The molecule has 0 unspecified atom stereocenters. The molecule has 1 amide bonds. The summed E-state index contributed by atoms with van der Waals surface area (Å²) in [5.41, 5.74) is 1.93. The number of carbonyl (C=O) groups excluding carboxylic acids is 1. The van der Waals surface area contributed by atoms with Crippen molar-refractivity contribution >= 4 is 28.9 Å². The molecular weight excluding hydrogens is 383 g/mol. The van der Waals surface area contributed by atoms with Crippen LogP contribution in [0.2, 0.25) is 5.02 Å². The van der Waals surface area contributed by atoms with Gasteiger partial charge in [-0.1, -0.05) is 29.8 Å². The number of furan rings is 1. The van der Waals surface area contributed by atoms with Gasteiger partial charge in [-0.3, -0.25) is 4.79 Å². The molecule has 0 saturated carbocycles. The molecular formula is C21H18ClFN2O3. The maximum absolute atomic E-state index is 13.4. The summed E-state index contributed by atoms with van der Waals surface area (Å²) in [7, 11) is 0. The number of benzene rings is 2. The third-order valence-electron chi connectivity index (χ3n) is 4.50. The van der Waals surface area contributed by atoms with E-state index >= 15 is 0 Å². The number of morpholine rings is 1. The highest BCUT2D eigenvalue weighted by Crippen LogP contribution is 2.35. The van der Waals surface area contributed by atoms with E-state index in [1.807, 2.05) is 0 Å². The third-order valence-corrected chi connectivity index (χ3v) is 4.81. The van der Waals surface area contributed by atoms with E-state index in [9.17, 15) is 9.18 Å². The largest absolute Gasteiger partial charge is 0.451 e. The molecule has 2 aromatic carbocycles. The Hall–Kier alpha value is -2.83. The van der Waals surface area contributed by atoms with Gasteiger partial charge in [0.1, 0.15) is 11.6 Å². The van der Waals surface area contributed by atoms with Gasteiger partial charge in [0, 0.05) is 18.7 Å². The van der Waals surface area contributed by atoms with Crippen molar-refractivity contribution in [2.24, 2.45) is 0 Å². The topological polar surface area (TPSA) is 54.7 Å². The Kier molecular flexibility index (Phi) is 5.32. The summed E-state index contributed by atoms with van der Waals surface area (Å²) in [6.45, 7) is 2.59. The number of anilines is 2. The van der Waals surface area contributed by atoms with Crippen molar-refractivity contribution in [2.45, 2.75) is 0 Å². The first kappa shape index (κ1) is 18.5. The minimum Gasteiger partial charge on any atom is -0.451 e. The van der Waals surface area contributed by atoms with Crippen LogP contribution < -0.4 is 10.2 Å². The molecule has 2 heterocycles. The van der Waals surface area contributed by atoms with Crippen LogP contribution in [0, 0.1) is 5.82 Å². The van der Waals surface area contributed by atoms with Gasteiger partial charge in [0.25, 0.3) is 5.91 Å². The molecule has 7 heteroatoms. The molecule has 0 aliphatic carbocycles. The highest BCUT2D eigenvalue weighted by molar-refractivity contribution is 6.34. The van der Waals surface area contributed by atoms with Crippen LogP contribution in [0.25, 0.3) is 11.3 Å². The number of hydrogen-bond acceptors (Lipinski definition) is 4. The molecule has 1 saturated heterocycles. The fourth-order valence-electron chi connectivity index (χ4n) is 3.17. The second kappa shape index (κ2) is 8.04. The standard InChI is InChI=1S/C21H18ClFN2O3/c22-16-5-2-6-17(20(16)25-9-11-27-12-10-25)24-21(26)19-8-7-18(28-19)14-3-1-4-15(23)13-14/h1-8,13H,9-12H2,(H,24,26). The van der Waals surface area contributed by atoms with Gasteiger partial charge in [-0.05, 0) is 36.4 Å². The average molecular weight is 401 g/mol. The Labute approximate surface area is 166 Å². The zero-order valence-electron chi connectivity index (χ0n) is 15.0. The van der Waals surface area contributed by atoms with Gasteiger partial charge in [-0.15, -0.1) is 0 Å². The molecule has 1 aliphatic heterocycles. The van der Waals surface area contributed by atoms with Crippen molar-refractivity contribution in [2.75, 3.05) is 36.5 Å². The van der Waals surface area contributed by atoms with Gasteiger partial charge in [0.15, 0.2) is 5.76 Å². The highest BCUT2D eigenvalue weighted by atomic mass is 35.5. The highest BCUT2D eigenvalue weighted by Gasteiger charge is 2.20. The van der Waals surface area contributed by atoms with Crippen LogP contribution in [-0.2, 0) is 4.74 Å². The number of para-hydroxylation sites is 1. The Bertz CT molecular complexity index is 999. The number of amides is 1. The van der Waals surface area contributed by atoms with E-state index in [2.05, 4.69) is 10.2 Å². The minimum absolute atomic E-state index is 0.132. The monoisotopic (exact) mass is 400 g/mol. The summed E-state index contributed by atoms with van der Waals surface area (Å²) in [6.07, 6.45) is 0. The Morgan fingerprint density at radius 1 is 1.07 bits per heavy atom. The van der Waals surface area contributed by atoms with E-state index < -0.39 is 5.91 Å². The van der Waals surface area contributed by atoms with Crippen LogP contribution >= 0.6 is 11.6 Å². The second-order valence-electron chi connectivity index (χ2n) is 6.36. The van der Waals surface area contributed by atoms with Gasteiger partial charge in [0.2, 0.25) is 0 Å². The Balaban J connectivity index is 1.57. The van der Waals surface area contributed by atoms with E-state index in [0.29, 0.717) is 48.3 Å². The molecule has 0 radical (unpaired) electrons. The number of halogens is 2. The molecule has 1 aromatic heterocycles. The molecule has 1 N–H and O–H groups in total. The van der Waals surface area contributed by atoms with Crippen LogP contribution in [0.1, 0.15) is 10.6 Å². The number of carbonyl (C=O) groups is 1. The number of nitrogens with one attached hydrogen (secondary N) is 1. The molecule has 0 bridgehead atoms. The number of ether oxygens (including phenoxy) is 1. The van der Waals surface area contributed by atoms with E-state index in [-0.39, 0.29) is 11.6 Å². The predicted octanol–water partition coefficient (Wildman–Crippen LogP) is 4.83. The number of hydrogen-bond donors (Lipinski definition) is 1. The lowest BCUT2D eigenvalue weighted by atomic mass is 10.2. The predicted molar refractivity (Wildman–Crippen MR) is 107 cm³/mol. The molecule has 0 spiro atoms. The van der Waals surface area contributed by atoms with Crippen LogP contribution in [0.3, 0.4) is 0 Å². The molecule has 28 heavy (non-hydrogen) atoms. The lowest BCUT2D eigenvalue weighted by Gasteiger charge is -2.31. The van der Waals surface area contributed by atoms with Crippen molar-refractivity contribution in [1.82, 2.24) is 0 Å². The Morgan fingerprint density at radius 2 is 1.86 bits per heavy atom. The zero-order valence-corrected chi connectivity index (χ0v) is 15.7. The molecule has 1 aliphatic rings. The summed E-state index contributed by atoms with van der Waals surface area (Å²) in [6, 6.07) is 14.6. The molecule has 144 valence electrons. The summed E-state index contributed by atoms with van der Waals surface area (Å²) in [4.78, 5) is 14.8. The molecule has 4 rings (SSSR count). The maximum atomic E-state index is 13.4.